The van der Waals surface area contributed by atoms with Crippen LogP contribution in [0, 0.1) is 0 Å². The molecule has 3 nitrogen and oxygen atoms in total. The molecule has 0 aliphatic heterocycles. The fraction of sp³-hybridized carbons (Fsp3) is 0.538. The first-order valence-electron chi connectivity index (χ1n) is 5.91. The molecule has 1 aromatic carbocycles. The van der Waals surface area contributed by atoms with Gasteiger partial charge in [0.2, 0.25) is 6.10 Å². The molecule has 2 unspecified atom stereocenters. The largest absolute Gasteiger partial charge is 0.479 e. The molecule has 108 valence electrons. The molecule has 1 rings (SSSR count). The van der Waals surface area contributed by atoms with E-state index in [-0.39, 0.29) is 5.75 Å². The highest BCUT2D eigenvalue weighted by Crippen LogP contribution is 2.27. The third-order valence-corrected chi connectivity index (χ3v) is 2.58. The van der Waals surface area contributed by atoms with Crippen LogP contribution in [0.4, 0.5) is 13.2 Å². The Kier molecular flexibility index (Phi) is 5.62. The van der Waals surface area contributed by atoms with Crippen LogP contribution in [0.15, 0.2) is 24.3 Å². The van der Waals surface area contributed by atoms with Gasteiger partial charge in [0.1, 0.15) is 5.75 Å². The SMILES string of the molecule is COCCc1ccc(OC(C(C)N)C(F)(F)F)cc1. The summed E-state index contributed by atoms with van der Waals surface area (Å²) in [6.45, 7) is 1.83. The van der Waals surface area contributed by atoms with Gasteiger partial charge >= 0.3 is 6.18 Å². The van der Waals surface area contributed by atoms with Gasteiger partial charge in [-0.2, -0.15) is 13.2 Å². The first-order chi connectivity index (χ1) is 8.84. The molecule has 0 amide bonds. The number of halogens is 3. The first kappa shape index (κ1) is 15.8. The van der Waals surface area contributed by atoms with Gasteiger partial charge in [-0.15, -0.1) is 0 Å². The Bertz CT molecular complexity index is 376. The molecule has 0 bridgehead atoms. The van der Waals surface area contributed by atoms with Crippen LogP contribution < -0.4 is 10.5 Å². The summed E-state index contributed by atoms with van der Waals surface area (Å²) in [6.07, 6.45) is -5.78. The van der Waals surface area contributed by atoms with Crippen LogP contribution in [0.2, 0.25) is 0 Å². The van der Waals surface area contributed by atoms with Crippen LogP contribution in [0.25, 0.3) is 0 Å². The second kappa shape index (κ2) is 6.77. The fourth-order valence-electron chi connectivity index (χ4n) is 1.57. The fourth-order valence-corrected chi connectivity index (χ4v) is 1.57. The van der Waals surface area contributed by atoms with E-state index in [0.717, 1.165) is 5.56 Å². The molecule has 0 aromatic heterocycles. The molecule has 2 atom stereocenters. The van der Waals surface area contributed by atoms with Crippen molar-refractivity contribution in [2.75, 3.05) is 13.7 Å². The van der Waals surface area contributed by atoms with Crippen molar-refractivity contribution < 1.29 is 22.6 Å². The summed E-state index contributed by atoms with van der Waals surface area (Å²) in [4.78, 5) is 0. The number of hydrogen-bond donors (Lipinski definition) is 1. The second-order valence-electron chi connectivity index (χ2n) is 4.33. The van der Waals surface area contributed by atoms with Crippen LogP contribution in [0.1, 0.15) is 12.5 Å². The average Bonchev–Trinajstić information content (AvgIpc) is 2.33. The molecule has 0 heterocycles. The van der Waals surface area contributed by atoms with E-state index in [4.69, 9.17) is 15.2 Å². The second-order valence-corrected chi connectivity index (χ2v) is 4.33. The molecule has 1 aromatic rings. The molecular weight excluding hydrogens is 259 g/mol. The maximum absolute atomic E-state index is 12.7. The predicted octanol–water partition coefficient (Wildman–Crippen LogP) is 2.53. The van der Waals surface area contributed by atoms with Crippen molar-refractivity contribution in [3.63, 3.8) is 0 Å². The van der Waals surface area contributed by atoms with Crippen molar-refractivity contribution in [2.24, 2.45) is 5.73 Å². The lowest BCUT2D eigenvalue weighted by atomic mass is 10.1. The molecule has 0 fully saturated rings. The predicted molar refractivity (Wildman–Crippen MR) is 66.1 cm³/mol. The van der Waals surface area contributed by atoms with Gasteiger partial charge in [0.25, 0.3) is 0 Å². The summed E-state index contributed by atoms with van der Waals surface area (Å²) >= 11 is 0. The van der Waals surface area contributed by atoms with Gasteiger partial charge in [-0.05, 0) is 31.0 Å². The van der Waals surface area contributed by atoms with Gasteiger partial charge in [-0.1, -0.05) is 12.1 Å². The standard InChI is InChI=1S/C13H18F3NO2/c1-9(17)12(13(14,15)16)19-11-5-3-10(4-6-11)7-8-18-2/h3-6,9,12H,7-8,17H2,1-2H3. The topological polar surface area (TPSA) is 44.5 Å². The van der Waals surface area contributed by atoms with E-state index in [2.05, 4.69) is 0 Å². The molecule has 0 aliphatic rings. The lowest BCUT2D eigenvalue weighted by Crippen LogP contribution is -2.47. The van der Waals surface area contributed by atoms with Crippen LogP contribution in [0.5, 0.6) is 5.75 Å². The van der Waals surface area contributed by atoms with Crippen molar-refractivity contribution in [3.8, 4) is 5.75 Å². The molecule has 2 N–H and O–H groups in total. The van der Waals surface area contributed by atoms with Crippen molar-refractivity contribution in [1.82, 2.24) is 0 Å². The van der Waals surface area contributed by atoms with Gasteiger partial charge < -0.3 is 15.2 Å². The van der Waals surface area contributed by atoms with E-state index in [0.29, 0.717) is 13.0 Å². The van der Waals surface area contributed by atoms with E-state index in [9.17, 15) is 13.2 Å². The Morgan fingerprint density at radius 3 is 2.21 bits per heavy atom. The zero-order valence-corrected chi connectivity index (χ0v) is 10.9. The molecule has 0 spiro atoms. The van der Waals surface area contributed by atoms with Crippen LogP contribution in [0.3, 0.4) is 0 Å². The first-order valence-corrected chi connectivity index (χ1v) is 5.91. The van der Waals surface area contributed by atoms with E-state index in [1.807, 2.05) is 0 Å². The minimum atomic E-state index is -4.48. The molecule has 0 saturated carbocycles. The zero-order valence-electron chi connectivity index (χ0n) is 10.9. The van der Waals surface area contributed by atoms with Gasteiger partial charge in [0.15, 0.2) is 0 Å². The number of benzene rings is 1. The Balaban J connectivity index is 2.70. The van der Waals surface area contributed by atoms with Crippen molar-refractivity contribution in [2.45, 2.75) is 31.7 Å². The quantitative estimate of drug-likeness (QED) is 0.869. The van der Waals surface area contributed by atoms with Crippen LogP contribution in [-0.2, 0) is 11.2 Å². The number of nitrogens with two attached hydrogens (primary N) is 1. The van der Waals surface area contributed by atoms with E-state index >= 15 is 0 Å². The van der Waals surface area contributed by atoms with Crippen molar-refractivity contribution in [3.05, 3.63) is 29.8 Å². The van der Waals surface area contributed by atoms with Crippen molar-refractivity contribution in [1.29, 1.82) is 0 Å². The highest BCUT2D eigenvalue weighted by atomic mass is 19.4. The molecule has 0 aliphatic carbocycles. The average molecular weight is 277 g/mol. The number of hydrogen-bond acceptors (Lipinski definition) is 3. The number of alkyl halides is 3. The molecule has 0 radical (unpaired) electrons. The highest BCUT2D eigenvalue weighted by Gasteiger charge is 2.44. The number of rotatable bonds is 6. The van der Waals surface area contributed by atoms with Gasteiger partial charge in [0.05, 0.1) is 6.61 Å². The Morgan fingerprint density at radius 1 is 1.21 bits per heavy atom. The summed E-state index contributed by atoms with van der Waals surface area (Å²) in [7, 11) is 1.59. The maximum Gasteiger partial charge on any atom is 0.426 e. The highest BCUT2D eigenvalue weighted by molar-refractivity contribution is 5.27. The molecule has 19 heavy (non-hydrogen) atoms. The van der Waals surface area contributed by atoms with E-state index < -0.39 is 18.3 Å². The third-order valence-electron chi connectivity index (χ3n) is 2.58. The molecular formula is C13H18F3NO2. The lowest BCUT2D eigenvalue weighted by molar-refractivity contribution is -0.199. The Labute approximate surface area is 110 Å². The minimum Gasteiger partial charge on any atom is -0.479 e. The zero-order chi connectivity index (χ0) is 14.5. The van der Waals surface area contributed by atoms with Crippen molar-refractivity contribution >= 4 is 0 Å². The summed E-state index contributed by atoms with van der Waals surface area (Å²) in [5.41, 5.74) is 6.28. The van der Waals surface area contributed by atoms with E-state index in [1.165, 1.54) is 19.1 Å². The smallest absolute Gasteiger partial charge is 0.426 e. The lowest BCUT2D eigenvalue weighted by Gasteiger charge is -2.24. The van der Waals surface area contributed by atoms with Gasteiger partial charge in [-0.25, -0.2) is 0 Å². The summed E-state index contributed by atoms with van der Waals surface area (Å²) in [5, 5.41) is 0. The summed E-state index contributed by atoms with van der Waals surface area (Å²) in [6, 6.07) is 5.30. The van der Waals surface area contributed by atoms with Crippen LogP contribution in [-0.4, -0.2) is 32.0 Å². The van der Waals surface area contributed by atoms with E-state index in [1.54, 1.807) is 19.2 Å². The Morgan fingerprint density at radius 2 is 1.79 bits per heavy atom. The molecule has 0 saturated heterocycles. The summed E-state index contributed by atoms with van der Waals surface area (Å²) < 4.78 is 47.9. The molecule has 6 heteroatoms. The number of ether oxygens (including phenoxy) is 2. The van der Waals surface area contributed by atoms with Gasteiger partial charge in [0, 0.05) is 13.2 Å². The van der Waals surface area contributed by atoms with Crippen LogP contribution >= 0.6 is 0 Å². The van der Waals surface area contributed by atoms with Gasteiger partial charge in [-0.3, -0.25) is 0 Å². The monoisotopic (exact) mass is 277 g/mol. The maximum atomic E-state index is 12.7. The summed E-state index contributed by atoms with van der Waals surface area (Å²) in [5.74, 6) is 0.154. The Hall–Kier alpha value is -1.27. The normalized spacial score (nSPS) is 15.1. The third kappa shape index (κ3) is 5.08. The minimum absolute atomic E-state index is 0.154. The number of methoxy groups -OCH3 is 1.